The zero-order valence-electron chi connectivity index (χ0n) is 10.3. The summed E-state index contributed by atoms with van der Waals surface area (Å²) >= 11 is 0. The molecule has 96 valence electrons. The molecule has 0 spiro atoms. The van der Waals surface area contributed by atoms with E-state index in [-0.39, 0.29) is 18.4 Å². The Kier molecular flexibility index (Phi) is 4.83. The van der Waals surface area contributed by atoms with Gasteiger partial charge < -0.3 is 4.74 Å². The van der Waals surface area contributed by atoms with Crippen LogP contribution >= 0.6 is 0 Å². The highest BCUT2D eigenvalue weighted by Gasteiger charge is 2.12. The van der Waals surface area contributed by atoms with E-state index in [0.29, 0.717) is 6.42 Å². The van der Waals surface area contributed by atoms with E-state index < -0.39 is 10.0 Å². The molecule has 0 aromatic carbocycles. The van der Waals surface area contributed by atoms with E-state index in [2.05, 4.69) is 9.97 Å². The van der Waals surface area contributed by atoms with Crippen LogP contribution in [-0.2, 0) is 10.0 Å². The van der Waals surface area contributed by atoms with Gasteiger partial charge in [0.25, 0.3) is 0 Å². The largest absolute Gasteiger partial charge is 0.463 e. The highest BCUT2D eigenvalue weighted by atomic mass is 32.2. The summed E-state index contributed by atoms with van der Waals surface area (Å²) in [7, 11) is -0.121. The molecule has 0 fully saturated rings. The fourth-order valence-electron chi connectivity index (χ4n) is 1.08. The zero-order chi connectivity index (χ0) is 12.9. The Morgan fingerprint density at radius 3 is 2.71 bits per heavy atom. The van der Waals surface area contributed by atoms with Gasteiger partial charge >= 0.3 is 6.01 Å². The molecule has 0 N–H and O–H groups in total. The first-order valence-corrected chi connectivity index (χ1v) is 6.85. The first kappa shape index (κ1) is 13.9. The second-order valence-electron chi connectivity index (χ2n) is 3.78. The molecule has 1 aromatic heterocycles. The van der Waals surface area contributed by atoms with Crippen molar-refractivity contribution < 1.29 is 13.2 Å². The average Bonchev–Trinajstić information content (AvgIpc) is 2.24. The summed E-state index contributed by atoms with van der Waals surface area (Å²) in [5, 5.41) is 0. The number of aryl methyl sites for hydroxylation is 1. The molecule has 7 heteroatoms. The normalized spacial score (nSPS) is 11.8. The minimum Gasteiger partial charge on any atom is -0.463 e. The quantitative estimate of drug-likeness (QED) is 0.693. The van der Waals surface area contributed by atoms with E-state index in [1.54, 1.807) is 12.3 Å². The van der Waals surface area contributed by atoms with Gasteiger partial charge in [-0.1, -0.05) is 0 Å². The van der Waals surface area contributed by atoms with Crippen molar-refractivity contribution in [3.8, 4) is 6.01 Å². The van der Waals surface area contributed by atoms with Crippen LogP contribution in [0.25, 0.3) is 0 Å². The van der Waals surface area contributed by atoms with Crippen molar-refractivity contribution in [2.24, 2.45) is 0 Å². The highest BCUT2D eigenvalue weighted by Crippen LogP contribution is 2.03. The molecule has 1 rings (SSSR count). The van der Waals surface area contributed by atoms with Crippen LogP contribution in [0.5, 0.6) is 6.01 Å². The predicted molar refractivity (Wildman–Crippen MR) is 64.4 cm³/mol. The van der Waals surface area contributed by atoms with Crippen LogP contribution in [-0.4, -0.2) is 49.1 Å². The van der Waals surface area contributed by atoms with Gasteiger partial charge in [-0.15, -0.1) is 0 Å². The van der Waals surface area contributed by atoms with Gasteiger partial charge in [0.2, 0.25) is 10.0 Å². The molecule has 1 heterocycles. The van der Waals surface area contributed by atoms with E-state index in [9.17, 15) is 8.42 Å². The number of rotatable bonds is 6. The van der Waals surface area contributed by atoms with Crippen molar-refractivity contribution in [3.05, 3.63) is 18.0 Å². The Labute approximate surface area is 102 Å². The minimum absolute atomic E-state index is 0.0613. The first-order valence-electron chi connectivity index (χ1n) is 5.24. The van der Waals surface area contributed by atoms with Gasteiger partial charge in [0.15, 0.2) is 0 Å². The Bertz CT molecular complexity index is 460. The van der Waals surface area contributed by atoms with Crippen LogP contribution in [0, 0.1) is 6.92 Å². The van der Waals surface area contributed by atoms with E-state index in [0.717, 1.165) is 5.69 Å². The van der Waals surface area contributed by atoms with E-state index >= 15 is 0 Å². The Morgan fingerprint density at radius 2 is 2.12 bits per heavy atom. The summed E-state index contributed by atoms with van der Waals surface area (Å²) in [6.07, 6.45) is 2.02. The molecule has 0 aliphatic carbocycles. The molecule has 0 bridgehead atoms. The van der Waals surface area contributed by atoms with E-state index in [1.807, 2.05) is 6.92 Å². The third-order valence-electron chi connectivity index (χ3n) is 2.11. The van der Waals surface area contributed by atoms with Gasteiger partial charge in [-0.3, -0.25) is 0 Å². The lowest BCUT2D eigenvalue weighted by molar-refractivity contribution is 0.291. The smallest absolute Gasteiger partial charge is 0.316 e. The van der Waals surface area contributed by atoms with Crippen molar-refractivity contribution in [1.29, 1.82) is 0 Å². The lowest BCUT2D eigenvalue weighted by atomic mass is 10.5. The maximum atomic E-state index is 11.4. The third kappa shape index (κ3) is 4.66. The number of hydrogen-bond acceptors (Lipinski definition) is 5. The molecule has 1 aromatic rings. The molecule has 0 atom stereocenters. The SMILES string of the molecule is Cc1ccnc(OCCCS(=O)(=O)N(C)C)n1. The summed E-state index contributed by atoms with van der Waals surface area (Å²) in [4.78, 5) is 7.96. The predicted octanol–water partition coefficient (Wildman–Crippen LogP) is 0.445. The lowest BCUT2D eigenvalue weighted by Gasteiger charge is -2.10. The topological polar surface area (TPSA) is 72.4 Å². The summed E-state index contributed by atoms with van der Waals surface area (Å²) in [5.41, 5.74) is 0.816. The van der Waals surface area contributed by atoms with Gasteiger partial charge in [0.05, 0.1) is 12.4 Å². The number of sulfonamides is 1. The van der Waals surface area contributed by atoms with Crippen molar-refractivity contribution in [1.82, 2.24) is 14.3 Å². The Hall–Kier alpha value is -1.21. The fourth-order valence-corrected chi connectivity index (χ4v) is 1.93. The number of hydrogen-bond donors (Lipinski definition) is 0. The number of aromatic nitrogens is 2. The fraction of sp³-hybridized carbons (Fsp3) is 0.600. The molecule has 0 saturated carbocycles. The van der Waals surface area contributed by atoms with Crippen LogP contribution in [0.15, 0.2) is 12.3 Å². The molecule has 0 saturated heterocycles. The molecule has 0 unspecified atom stereocenters. The second-order valence-corrected chi connectivity index (χ2v) is 6.08. The lowest BCUT2D eigenvalue weighted by Crippen LogP contribution is -2.26. The molecule has 17 heavy (non-hydrogen) atoms. The second kappa shape index (κ2) is 5.92. The minimum atomic E-state index is -3.15. The monoisotopic (exact) mass is 259 g/mol. The zero-order valence-corrected chi connectivity index (χ0v) is 11.1. The highest BCUT2D eigenvalue weighted by molar-refractivity contribution is 7.89. The summed E-state index contributed by atoms with van der Waals surface area (Å²) in [6.45, 7) is 2.13. The molecule has 6 nitrogen and oxygen atoms in total. The molecule has 0 aliphatic heterocycles. The number of ether oxygens (including phenoxy) is 1. The van der Waals surface area contributed by atoms with Crippen LogP contribution in [0.2, 0.25) is 0 Å². The summed E-state index contributed by atoms with van der Waals surface area (Å²) < 4.78 is 29.3. The Morgan fingerprint density at radius 1 is 1.41 bits per heavy atom. The van der Waals surface area contributed by atoms with Crippen LogP contribution in [0.3, 0.4) is 0 Å². The maximum Gasteiger partial charge on any atom is 0.316 e. The van der Waals surface area contributed by atoms with Crippen LogP contribution in [0.4, 0.5) is 0 Å². The van der Waals surface area contributed by atoms with Gasteiger partial charge in [-0.25, -0.2) is 22.7 Å². The van der Waals surface area contributed by atoms with Crippen molar-refractivity contribution in [2.75, 3.05) is 26.5 Å². The van der Waals surface area contributed by atoms with Gasteiger partial charge in [0, 0.05) is 26.0 Å². The molecular weight excluding hydrogens is 242 g/mol. The molecular formula is C10H17N3O3S. The average molecular weight is 259 g/mol. The summed E-state index contributed by atoms with van der Waals surface area (Å²) in [5.74, 6) is 0.0613. The van der Waals surface area contributed by atoms with E-state index in [1.165, 1.54) is 18.4 Å². The Balaban J connectivity index is 2.35. The van der Waals surface area contributed by atoms with Gasteiger partial charge in [-0.2, -0.15) is 0 Å². The summed E-state index contributed by atoms with van der Waals surface area (Å²) in [6, 6.07) is 2.05. The van der Waals surface area contributed by atoms with Crippen LogP contribution < -0.4 is 4.74 Å². The number of nitrogens with zero attached hydrogens (tertiary/aromatic N) is 3. The molecule has 0 radical (unpaired) electrons. The first-order chi connectivity index (χ1) is 7.92. The maximum absolute atomic E-state index is 11.4. The van der Waals surface area contributed by atoms with Crippen LogP contribution in [0.1, 0.15) is 12.1 Å². The third-order valence-corrected chi connectivity index (χ3v) is 4.02. The molecule has 0 amide bonds. The molecule has 0 aliphatic rings. The van der Waals surface area contributed by atoms with Gasteiger partial charge in [0.1, 0.15) is 0 Å². The van der Waals surface area contributed by atoms with Gasteiger partial charge in [-0.05, 0) is 19.4 Å². The standard InChI is InChI=1S/C10H17N3O3S/c1-9-5-6-11-10(12-9)16-7-4-8-17(14,15)13(2)3/h5-6H,4,7-8H2,1-3H3. The van der Waals surface area contributed by atoms with Crippen molar-refractivity contribution in [3.63, 3.8) is 0 Å². The van der Waals surface area contributed by atoms with E-state index in [4.69, 9.17) is 4.74 Å². The van der Waals surface area contributed by atoms with Crippen molar-refractivity contribution in [2.45, 2.75) is 13.3 Å². The van der Waals surface area contributed by atoms with Crippen molar-refractivity contribution >= 4 is 10.0 Å².